The van der Waals surface area contributed by atoms with Crippen LogP contribution >= 0.6 is 0 Å². The first kappa shape index (κ1) is 12.6. The Labute approximate surface area is 108 Å². The minimum atomic E-state index is 0.451. The zero-order chi connectivity index (χ0) is 13.0. The van der Waals surface area contributed by atoms with Gasteiger partial charge in [-0.1, -0.05) is 20.3 Å². The van der Waals surface area contributed by atoms with Crippen molar-refractivity contribution in [3.8, 4) is 5.82 Å². The summed E-state index contributed by atoms with van der Waals surface area (Å²) in [6.07, 6.45) is 6.67. The molecule has 4 nitrogen and oxygen atoms in total. The third-order valence-electron chi connectivity index (χ3n) is 3.38. The molecule has 0 aliphatic carbocycles. The molecule has 0 bridgehead atoms. The molecule has 0 saturated heterocycles. The molecule has 0 aliphatic rings. The lowest BCUT2D eigenvalue weighted by atomic mass is 10.0. The topological polar surface area (TPSA) is 42.7 Å². The highest BCUT2D eigenvalue weighted by atomic mass is 15.3. The molecule has 18 heavy (non-hydrogen) atoms. The van der Waals surface area contributed by atoms with Gasteiger partial charge >= 0.3 is 0 Å². The van der Waals surface area contributed by atoms with Gasteiger partial charge in [0.25, 0.3) is 0 Å². The largest absolute Gasteiger partial charge is 0.381 e. The summed E-state index contributed by atoms with van der Waals surface area (Å²) in [5, 5.41) is 7.63. The molecule has 2 atom stereocenters. The lowest BCUT2D eigenvalue weighted by Gasteiger charge is -2.20. The van der Waals surface area contributed by atoms with Gasteiger partial charge in [0.05, 0.1) is 11.9 Å². The molecule has 0 saturated carbocycles. The number of rotatable bonds is 5. The quantitative estimate of drug-likeness (QED) is 0.878. The third-order valence-corrected chi connectivity index (χ3v) is 3.38. The molecule has 4 heteroatoms. The van der Waals surface area contributed by atoms with E-state index in [2.05, 4.69) is 36.2 Å². The number of pyridine rings is 1. The SMILES string of the molecule is CCC(C)C(C)Nc1ccc(-n2cccn2)nc1. The van der Waals surface area contributed by atoms with Crippen LogP contribution in [-0.4, -0.2) is 20.8 Å². The second-order valence-corrected chi connectivity index (χ2v) is 4.67. The zero-order valence-corrected chi connectivity index (χ0v) is 11.2. The van der Waals surface area contributed by atoms with Gasteiger partial charge in [0.1, 0.15) is 0 Å². The van der Waals surface area contributed by atoms with Gasteiger partial charge in [-0.15, -0.1) is 0 Å². The molecular weight excluding hydrogens is 224 g/mol. The first-order valence-electron chi connectivity index (χ1n) is 6.43. The summed E-state index contributed by atoms with van der Waals surface area (Å²) in [6, 6.07) is 6.35. The minimum Gasteiger partial charge on any atom is -0.381 e. The van der Waals surface area contributed by atoms with Gasteiger partial charge in [0, 0.05) is 18.4 Å². The van der Waals surface area contributed by atoms with E-state index in [1.165, 1.54) is 6.42 Å². The van der Waals surface area contributed by atoms with Crippen molar-refractivity contribution >= 4 is 5.69 Å². The van der Waals surface area contributed by atoms with Crippen LogP contribution in [0.3, 0.4) is 0 Å². The molecule has 2 aromatic rings. The van der Waals surface area contributed by atoms with Crippen LogP contribution in [0.2, 0.25) is 0 Å². The lowest BCUT2D eigenvalue weighted by molar-refractivity contribution is 0.494. The number of anilines is 1. The molecule has 0 amide bonds. The Kier molecular flexibility index (Phi) is 3.97. The van der Waals surface area contributed by atoms with Gasteiger partial charge in [-0.3, -0.25) is 0 Å². The van der Waals surface area contributed by atoms with Gasteiger partial charge in [-0.2, -0.15) is 5.10 Å². The number of nitrogens with zero attached hydrogens (tertiary/aromatic N) is 3. The maximum absolute atomic E-state index is 4.40. The van der Waals surface area contributed by atoms with Crippen LogP contribution in [0.1, 0.15) is 27.2 Å². The summed E-state index contributed by atoms with van der Waals surface area (Å²) in [6.45, 7) is 6.67. The number of hydrogen-bond acceptors (Lipinski definition) is 3. The van der Waals surface area contributed by atoms with E-state index in [4.69, 9.17) is 0 Å². The standard InChI is InChI=1S/C14H20N4/c1-4-11(2)12(3)17-13-6-7-14(15-10-13)18-9-5-8-16-18/h5-12,17H,4H2,1-3H3. The van der Waals surface area contributed by atoms with Crippen molar-refractivity contribution in [3.05, 3.63) is 36.8 Å². The number of nitrogens with one attached hydrogen (secondary N) is 1. The molecule has 0 aliphatic heterocycles. The van der Waals surface area contributed by atoms with Crippen LogP contribution in [0.15, 0.2) is 36.8 Å². The van der Waals surface area contributed by atoms with Crippen molar-refractivity contribution in [1.29, 1.82) is 0 Å². The predicted molar refractivity (Wildman–Crippen MR) is 73.9 cm³/mol. The van der Waals surface area contributed by atoms with Crippen LogP contribution in [0.4, 0.5) is 5.69 Å². The molecule has 2 heterocycles. The first-order valence-corrected chi connectivity index (χ1v) is 6.43. The van der Waals surface area contributed by atoms with Crippen molar-refractivity contribution in [2.75, 3.05) is 5.32 Å². The second kappa shape index (κ2) is 5.67. The molecule has 0 aromatic carbocycles. The molecule has 1 N–H and O–H groups in total. The Balaban J connectivity index is 2.04. The van der Waals surface area contributed by atoms with Crippen LogP contribution in [0, 0.1) is 5.92 Å². The van der Waals surface area contributed by atoms with E-state index in [9.17, 15) is 0 Å². The Morgan fingerprint density at radius 3 is 2.72 bits per heavy atom. The lowest BCUT2D eigenvalue weighted by Crippen LogP contribution is -2.23. The predicted octanol–water partition coefficient (Wildman–Crippen LogP) is 3.11. The summed E-state index contributed by atoms with van der Waals surface area (Å²) in [5.41, 5.74) is 1.05. The summed E-state index contributed by atoms with van der Waals surface area (Å²) in [7, 11) is 0. The average Bonchev–Trinajstić information content (AvgIpc) is 2.92. The minimum absolute atomic E-state index is 0.451. The molecule has 0 radical (unpaired) electrons. The van der Waals surface area contributed by atoms with E-state index in [0.29, 0.717) is 12.0 Å². The van der Waals surface area contributed by atoms with Crippen LogP contribution in [0.5, 0.6) is 0 Å². The van der Waals surface area contributed by atoms with Crippen molar-refractivity contribution in [1.82, 2.24) is 14.8 Å². The summed E-state index contributed by atoms with van der Waals surface area (Å²) >= 11 is 0. The Bertz CT molecular complexity index is 461. The first-order chi connectivity index (χ1) is 8.70. The van der Waals surface area contributed by atoms with Gasteiger partial charge in [0.2, 0.25) is 0 Å². The summed E-state index contributed by atoms with van der Waals surface area (Å²) in [4.78, 5) is 4.40. The fourth-order valence-electron chi connectivity index (χ4n) is 1.77. The molecule has 0 fully saturated rings. The van der Waals surface area contributed by atoms with Gasteiger partial charge in [-0.05, 0) is 31.0 Å². The summed E-state index contributed by atoms with van der Waals surface area (Å²) < 4.78 is 1.75. The normalized spacial score (nSPS) is 14.2. The van der Waals surface area contributed by atoms with Crippen molar-refractivity contribution in [2.45, 2.75) is 33.2 Å². The van der Waals surface area contributed by atoms with Gasteiger partial charge in [-0.25, -0.2) is 9.67 Å². The highest BCUT2D eigenvalue weighted by molar-refractivity contribution is 5.44. The number of aromatic nitrogens is 3. The average molecular weight is 244 g/mol. The smallest absolute Gasteiger partial charge is 0.153 e. The van der Waals surface area contributed by atoms with Crippen molar-refractivity contribution in [2.24, 2.45) is 5.92 Å². The highest BCUT2D eigenvalue weighted by Gasteiger charge is 2.09. The van der Waals surface area contributed by atoms with E-state index < -0.39 is 0 Å². The monoisotopic (exact) mass is 244 g/mol. The number of hydrogen-bond donors (Lipinski definition) is 1. The Hall–Kier alpha value is -1.84. The Morgan fingerprint density at radius 1 is 1.33 bits per heavy atom. The molecule has 2 aromatic heterocycles. The van der Waals surface area contributed by atoms with Crippen LogP contribution in [-0.2, 0) is 0 Å². The third kappa shape index (κ3) is 2.88. The van der Waals surface area contributed by atoms with Gasteiger partial charge in [0.15, 0.2) is 5.82 Å². The van der Waals surface area contributed by atoms with Crippen LogP contribution in [0.25, 0.3) is 5.82 Å². The summed E-state index contributed by atoms with van der Waals surface area (Å²) in [5.74, 6) is 1.48. The van der Waals surface area contributed by atoms with Crippen molar-refractivity contribution in [3.63, 3.8) is 0 Å². The van der Waals surface area contributed by atoms with Crippen LogP contribution < -0.4 is 5.32 Å². The highest BCUT2D eigenvalue weighted by Crippen LogP contribution is 2.15. The van der Waals surface area contributed by atoms with E-state index in [1.54, 1.807) is 10.9 Å². The molecule has 0 spiro atoms. The maximum Gasteiger partial charge on any atom is 0.153 e. The van der Waals surface area contributed by atoms with Gasteiger partial charge < -0.3 is 5.32 Å². The van der Waals surface area contributed by atoms with Crippen molar-refractivity contribution < 1.29 is 0 Å². The molecule has 96 valence electrons. The molecule has 2 rings (SSSR count). The second-order valence-electron chi connectivity index (χ2n) is 4.67. The fourth-order valence-corrected chi connectivity index (χ4v) is 1.77. The maximum atomic E-state index is 4.40. The Morgan fingerprint density at radius 2 is 2.17 bits per heavy atom. The fraction of sp³-hybridized carbons (Fsp3) is 0.429. The van der Waals surface area contributed by atoms with E-state index in [-0.39, 0.29) is 0 Å². The van der Waals surface area contributed by atoms with E-state index in [1.807, 2.05) is 30.6 Å². The molecular formula is C14H20N4. The van der Waals surface area contributed by atoms with E-state index in [0.717, 1.165) is 11.5 Å². The van der Waals surface area contributed by atoms with E-state index >= 15 is 0 Å². The molecule has 2 unspecified atom stereocenters. The zero-order valence-electron chi connectivity index (χ0n) is 11.2.